The second-order valence-corrected chi connectivity index (χ2v) is 8.34. The van der Waals surface area contributed by atoms with Crippen molar-refractivity contribution in [2.75, 3.05) is 6.61 Å². The minimum Gasteiger partial charge on any atom is -0.409 e. The van der Waals surface area contributed by atoms with Crippen LogP contribution in [0, 0.1) is 0 Å². The number of aryl methyl sites for hydroxylation is 1. The lowest BCUT2D eigenvalue weighted by molar-refractivity contribution is -0.376. The number of aromatic nitrogens is 2. The summed E-state index contributed by atoms with van der Waals surface area (Å²) in [5.74, 6) is -0.111. The SMILES string of the molecule is OCCCc1ccc(C(Cc2ccncc2)c2cccc(OC(F)(F)OC3CCC3)c2)nc1. The Balaban J connectivity index is 1.57. The lowest BCUT2D eigenvalue weighted by Gasteiger charge is -2.29. The van der Waals surface area contributed by atoms with Gasteiger partial charge in [-0.15, -0.1) is 8.78 Å². The van der Waals surface area contributed by atoms with E-state index in [0.717, 1.165) is 35.2 Å². The molecule has 0 bridgehead atoms. The molecular formula is C26H28F2N2O3. The van der Waals surface area contributed by atoms with Crippen molar-refractivity contribution in [2.45, 2.75) is 56.8 Å². The third-order valence-corrected chi connectivity index (χ3v) is 5.87. The van der Waals surface area contributed by atoms with Crippen LogP contribution < -0.4 is 4.74 Å². The van der Waals surface area contributed by atoms with E-state index >= 15 is 0 Å². The maximum absolute atomic E-state index is 14.2. The molecule has 1 saturated carbocycles. The normalized spacial score (nSPS) is 15.1. The highest BCUT2D eigenvalue weighted by Gasteiger charge is 2.39. The van der Waals surface area contributed by atoms with E-state index in [1.807, 2.05) is 36.5 Å². The Hall–Kier alpha value is -2.90. The summed E-state index contributed by atoms with van der Waals surface area (Å²) in [4.78, 5) is 8.73. The molecule has 33 heavy (non-hydrogen) atoms. The Morgan fingerprint density at radius 3 is 2.55 bits per heavy atom. The second kappa shape index (κ2) is 10.8. The van der Waals surface area contributed by atoms with Crippen molar-refractivity contribution in [3.8, 4) is 5.75 Å². The maximum Gasteiger partial charge on any atom is 0.535 e. The summed E-state index contributed by atoms with van der Waals surface area (Å²) in [6.07, 6.45) is 5.38. The number of nitrogens with zero attached hydrogens (tertiary/aromatic N) is 2. The Bertz CT molecular complexity index is 1010. The Morgan fingerprint density at radius 1 is 1.06 bits per heavy atom. The van der Waals surface area contributed by atoms with Gasteiger partial charge in [0, 0.05) is 36.8 Å². The number of hydrogen-bond acceptors (Lipinski definition) is 5. The zero-order valence-electron chi connectivity index (χ0n) is 18.4. The number of pyridine rings is 2. The van der Waals surface area contributed by atoms with Crippen LogP contribution in [0.25, 0.3) is 0 Å². The average Bonchev–Trinajstić information content (AvgIpc) is 2.80. The third-order valence-electron chi connectivity index (χ3n) is 5.87. The van der Waals surface area contributed by atoms with E-state index in [1.165, 1.54) is 6.07 Å². The number of alkyl halides is 2. The van der Waals surface area contributed by atoms with Gasteiger partial charge >= 0.3 is 6.29 Å². The van der Waals surface area contributed by atoms with E-state index < -0.39 is 12.4 Å². The zero-order chi connectivity index (χ0) is 23.1. The minimum absolute atomic E-state index is 0.0520. The summed E-state index contributed by atoms with van der Waals surface area (Å²) >= 11 is 0. The largest absolute Gasteiger partial charge is 0.535 e. The molecule has 0 saturated heterocycles. The molecule has 174 valence electrons. The summed E-state index contributed by atoms with van der Waals surface area (Å²) in [7, 11) is 0. The quantitative estimate of drug-likeness (QED) is 0.400. The molecule has 0 aliphatic heterocycles. The van der Waals surface area contributed by atoms with Crippen LogP contribution in [0.2, 0.25) is 0 Å². The van der Waals surface area contributed by atoms with E-state index in [9.17, 15) is 8.78 Å². The van der Waals surface area contributed by atoms with Crippen LogP contribution >= 0.6 is 0 Å². The number of ether oxygens (including phenoxy) is 2. The number of halogens is 2. The molecule has 1 atom stereocenters. The van der Waals surface area contributed by atoms with Gasteiger partial charge < -0.3 is 9.84 Å². The first-order valence-corrected chi connectivity index (χ1v) is 11.3. The highest BCUT2D eigenvalue weighted by molar-refractivity contribution is 5.37. The average molecular weight is 455 g/mol. The number of hydrogen-bond donors (Lipinski definition) is 1. The molecule has 1 aliphatic carbocycles. The predicted molar refractivity (Wildman–Crippen MR) is 120 cm³/mol. The van der Waals surface area contributed by atoms with Crippen molar-refractivity contribution in [2.24, 2.45) is 0 Å². The highest BCUT2D eigenvalue weighted by atomic mass is 19.3. The van der Waals surface area contributed by atoms with E-state index in [2.05, 4.69) is 9.97 Å². The first-order chi connectivity index (χ1) is 16.0. The molecule has 1 fully saturated rings. The molecule has 2 heterocycles. The van der Waals surface area contributed by atoms with E-state index in [1.54, 1.807) is 24.5 Å². The molecule has 0 radical (unpaired) electrons. The van der Waals surface area contributed by atoms with Gasteiger partial charge in [-0.25, -0.2) is 0 Å². The Kier molecular flexibility index (Phi) is 7.62. The van der Waals surface area contributed by atoms with Gasteiger partial charge in [-0.05, 0) is 85.5 Å². The van der Waals surface area contributed by atoms with Crippen LogP contribution in [-0.4, -0.2) is 34.1 Å². The van der Waals surface area contributed by atoms with Crippen molar-refractivity contribution in [1.82, 2.24) is 9.97 Å². The van der Waals surface area contributed by atoms with E-state index in [0.29, 0.717) is 25.7 Å². The summed E-state index contributed by atoms with van der Waals surface area (Å²) in [5, 5.41) is 9.06. The fourth-order valence-electron chi connectivity index (χ4n) is 3.86. The van der Waals surface area contributed by atoms with E-state index in [4.69, 9.17) is 14.6 Å². The molecule has 7 heteroatoms. The van der Waals surface area contributed by atoms with Crippen molar-refractivity contribution in [3.05, 3.63) is 89.5 Å². The van der Waals surface area contributed by atoms with Crippen molar-refractivity contribution < 1.29 is 23.4 Å². The first-order valence-electron chi connectivity index (χ1n) is 11.3. The van der Waals surface area contributed by atoms with Crippen molar-refractivity contribution in [3.63, 3.8) is 0 Å². The van der Waals surface area contributed by atoms with Gasteiger partial charge in [-0.1, -0.05) is 18.2 Å². The lowest BCUT2D eigenvalue weighted by Crippen LogP contribution is -2.36. The molecule has 1 N–H and O–H groups in total. The smallest absolute Gasteiger partial charge is 0.409 e. The van der Waals surface area contributed by atoms with Crippen LogP contribution in [0.5, 0.6) is 5.75 Å². The number of aliphatic hydroxyl groups excluding tert-OH is 1. The van der Waals surface area contributed by atoms with Crippen LogP contribution in [0.15, 0.2) is 67.1 Å². The Labute approximate surface area is 192 Å². The van der Waals surface area contributed by atoms with Crippen LogP contribution in [0.1, 0.15) is 54.0 Å². The summed E-state index contributed by atoms with van der Waals surface area (Å²) in [5.41, 5.74) is 3.75. The van der Waals surface area contributed by atoms with Gasteiger partial charge in [-0.2, -0.15) is 0 Å². The number of benzene rings is 1. The van der Waals surface area contributed by atoms with Gasteiger partial charge in [0.2, 0.25) is 0 Å². The fraction of sp³-hybridized carbons (Fsp3) is 0.385. The molecule has 5 nitrogen and oxygen atoms in total. The summed E-state index contributed by atoms with van der Waals surface area (Å²) < 4.78 is 38.2. The monoisotopic (exact) mass is 454 g/mol. The van der Waals surface area contributed by atoms with Gasteiger partial charge in [0.1, 0.15) is 5.75 Å². The number of aliphatic hydroxyl groups is 1. The Morgan fingerprint density at radius 2 is 1.88 bits per heavy atom. The first kappa shape index (κ1) is 23.3. The minimum atomic E-state index is -3.67. The molecule has 0 spiro atoms. The summed E-state index contributed by atoms with van der Waals surface area (Å²) in [6.45, 7) is 0.133. The molecule has 1 aromatic carbocycles. The molecule has 0 amide bonds. The lowest BCUT2D eigenvalue weighted by atomic mass is 9.88. The summed E-state index contributed by atoms with van der Waals surface area (Å²) in [6, 6.07) is 14.6. The van der Waals surface area contributed by atoms with Gasteiger partial charge in [-0.3, -0.25) is 14.7 Å². The van der Waals surface area contributed by atoms with Gasteiger partial charge in [0.25, 0.3) is 0 Å². The fourth-order valence-corrected chi connectivity index (χ4v) is 3.86. The molecular weight excluding hydrogens is 426 g/mol. The van der Waals surface area contributed by atoms with Gasteiger partial charge in [0.05, 0.1) is 6.10 Å². The van der Waals surface area contributed by atoms with Crippen LogP contribution in [0.3, 0.4) is 0 Å². The topological polar surface area (TPSA) is 64.5 Å². The molecule has 1 aliphatic rings. The third kappa shape index (κ3) is 6.55. The van der Waals surface area contributed by atoms with Crippen molar-refractivity contribution >= 4 is 0 Å². The molecule has 4 rings (SSSR count). The van der Waals surface area contributed by atoms with E-state index in [-0.39, 0.29) is 18.3 Å². The zero-order valence-corrected chi connectivity index (χ0v) is 18.4. The number of rotatable bonds is 11. The van der Waals surface area contributed by atoms with Crippen LogP contribution in [-0.2, 0) is 17.6 Å². The van der Waals surface area contributed by atoms with Gasteiger partial charge in [0.15, 0.2) is 0 Å². The molecule has 2 aromatic heterocycles. The standard InChI is InChI=1S/C26H28F2N2O3/c27-26(28,32-22-6-2-7-22)33-23-8-1-5-21(17-23)24(16-19-11-13-29-14-12-19)25-10-9-20(18-30-25)4-3-15-31/h1,5,8-14,17-18,22,24,31H,2-4,6-7,15-16H2. The molecule has 1 unspecified atom stereocenters. The van der Waals surface area contributed by atoms with Crippen LogP contribution in [0.4, 0.5) is 8.78 Å². The maximum atomic E-state index is 14.2. The van der Waals surface area contributed by atoms with Crippen molar-refractivity contribution in [1.29, 1.82) is 0 Å². The predicted octanol–water partition coefficient (Wildman–Crippen LogP) is 5.27. The highest BCUT2D eigenvalue weighted by Crippen LogP contribution is 2.34. The molecule has 3 aromatic rings. The second-order valence-electron chi connectivity index (χ2n) is 8.34.